The summed E-state index contributed by atoms with van der Waals surface area (Å²) in [6, 6.07) is 9.13. The molecule has 1 aromatic heterocycles. The molecule has 1 aromatic carbocycles. The summed E-state index contributed by atoms with van der Waals surface area (Å²) in [5.74, 6) is 0. The van der Waals surface area contributed by atoms with Gasteiger partial charge in [0.05, 0.1) is 5.52 Å². The Bertz CT molecular complexity index is 557. The van der Waals surface area contributed by atoms with E-state index in [1.54, 1.807) is 25.2 Å². The van der Waals surface area contributed by atoms with E-state index in [-0.39, 0.29) is 0 Å². The van der Waals surface area contributed by atoms with Gasteiger partial charge in [-0.1, -0.05) is 11.6 Å². The van der Waals surface area contributed by atoms with Gasteiger partial charge in [-0.3, -0.25) is 0 Å². The van der Waals surface area contributed by atoms with E-state index in [0.29, 0.717) is 10.7 Å². The van der Waals surface area contributed by atoms with Gasteiger partial charge >= 0.3 is 0 Å². The lowest BCUT2D eigenvalue weighted by atomic mass is 10.1. The quantitative estimate of drug-likeness (QED) is 0.799. The molecule has 0 aliphatic heterocycles. The van der Waals surface area contributed by atoms with Gasteiger partial charge in [-0.2, -0.15) is 5.26 Å². The molecule has 0 atom stereocenters. The summed E-state index contributed by atoms with van der Waals surface area (Å²) in [4.78, 5) is 4.18. The van der Waals surface area contributed by atoms with Crippen LogP contribution in [0.5, 0.6) is 0 Å². The van der Waals surface area contributed by atoms with Crippen LogP contribution in [0.1, 0.15) is 5.69 Å². The van der Waals surface area contributed by atoms with Gasteiger partial charge in [-0.15, -0.1) is 0 Å². The maximum atomic E-state index is 8.81. The summed E-state index contributed by atoms with van der Waals surface area (Å²) >= 11 is 5.90. The summed E-state index contributed by atoms with van der Waals surface area (Å²) in [5, 5.41) is 13.4. The largest absolute Gasteiger partial charge is 0.387 e. The zero-order chi connectivity index (χ0) is 10.8. The normalized spacial score (nSPS) is 9.93. The Morgan fingerprint density at radius 2 is 2.20 bits per heavy atom. The number of benzene rings is 1. The van der Waals surface area contributed by atoms with Crippen LogP contribution in [0.2, 0.25) is 5.02 Å². The smallest absolute Gasteiger partial charge is 0.143 e. The molecule has 1 heterocycles. The molecule has 0 aliphatic carbocycles. The van der Waals surface area contributed by atoms with Gasteiger partial charge in [0.25, 0.3) is 0 Å². The Balaban J connectivity index is 2.82. The standard InChI is InChI=1S/C11H8ClN3/c1-14-11-5-8(6-13)15-10-3-2-7(12)4-9(10)11/h2-5H,1H3,(H,14,15). The molecule has 15 heavy (non-hydrogen) atoms. The van der Waals surface area contributed by atoms with E-state index in [2.05, 4.69) is 10.3 Å². The van der Waals surface area contributed by atoms with Crippen LogP contribution in [-0.2, 0) is 0 Å². The van der Waals surface area contributed by atoms with Gasteiger partial charge in [0.2, 0.25) is 0 Å². The topological polar surface area (TPSA) is 48.7 Å². The second-order valence-corrected chi connectivity index (χ2v) is 3.51. The van der Waals surface area contributed by atoms with Crippen molar-refractivity contribution in [3.05, 3.63) is 35.0 Å². The molecule has 0 fully saturated rings. The van der Waals surface area contributed by atoms with Crippen molar-refractivity contribution in [2.75, 3.05) is 12.4 Å². The Hall–Kier alpha value is -1.79. The lowest BCUT2D eigenvalue weighted by molar-refractivity contribution is 1.32. The van der Waals surface area contributed by atoms with Crippen LogP contribution in [0, 0.1) is 11.3 Å². The fourth-order valence-electron chi connectivity index (χ4n) is 1.46. The van der Waals surface area contributed by atoms with E-state index in [1.807, 2.05) is 12.1 Å². The maximum Gasteiger partial charge on any atom is 0.143 e. The number of rotatable bonds is 1. The predicted molar refractivity (Wildman–Crippen MR) is 61.0 cm³/mol. The number of anilines is 1. The van der Waals surface area contributed by atoms with Crippen molar-refractivity contribution < 1.29 is 0 Å². The third-order valence-corrected chi connectivity index (χ3v) is 2.39. The van der Waals surface area contributed by atoms with Crippen LogP contribution in [0.25, 0.3) is 10.9 Å². The minimum Gasteiger partial charge on any atom is -0.387 e. The zero-order valence-electron chi connectivity index (χ0n) is 8.08. The molecule has 0 unspecified atom stereocenters. The van der Waals surface area contributed by atoms with E-state index in [1.165, 1.54) is 0 Å². The van der Waals surface area contributed by atoms with Crippen molar-refractivity contribution in [1.29, 1.82) is 5.26 Å². The summed E-state index contributed by atoms with van der Waals surface area (Å²) in [5.41, 5.74) is 2.02. The number of hydrogen-bond donors (Lipinski definition) is 1. The summed E-state index contributed by atoms with van der Waals surface area (Å²) in [7, 11) is 1.80. The number of nitrogens with zero attached hydrogens (tertiary/aromatic N) is 2. The van der Waals surface area contributed by atoms with Crippen LogP contribution < -0.4 is 5.32 Å². The molecule has 0 aliphatic rings. The van der Waals surface area contributed by atoms with Gasteiger partial charge in [0.1, 0.15) is 11.8 Å². The van der Waals surface area contributed by atoms with Crippen LogP contribution in [0.3, 0.4) is 0 Å². The molecular weight excluding hydrogens is 210 g/mol. The van der Waals surface area contributed by atoms with Gasteiger partial charge in [-0.25, -0.2) is 4.98 Å². The van der Waals surface area contributed by atoms with Crippen molar-refractivity contribution in [2.24, 2.45) is 0 Å². The second-order valence-electron chi connectivity index (χ2n) is 3.08. The highest BCUT2D eigenvalue weighted by Gasteiger charge is 2.04. The minimum atomic E-state index is 0.397. The molecule has 0 saturated heterocycles. The second kappa shape index (κ2) is 3.76. The fourth-order valence-corrected chi connectivity index (χ4v) is 1.63. The highest BCUT2D eigenvalue weighted by atomic mass is 35.5. The average molecular weight is 218 g/mol. The molecule has 0 spiro atoms. The third kappa shape index (κ3) is 1.72. The first kappa shape index (κ1) is 9.75. The molecule has 3 nitrogen and oxygen atoms in total. The fraction of sp³-hybridized carbons (Fsp3) is 0.0909. The van der Waals surface area contributed by atoms with E-state index in [9.17, 15) is 0 Å². The lowest BCUT2D eigenvalue weighted by Crippen LogP contribution is -1.93. The SMILES string of the molecule is CNc1cc(C#N)nc2ccc(Cl)cc12. The molecule has 2 aromatic rings. The van der Waals surface area contributed by atoms with Gasteiger partial charge in [0.15, 0.2) is 0 Å². The molecular formula is C11H8ClN3. The molecule has 0 saturated carbocycles. The lowest BCUT2D eigenvalue weighted by Gasteiger charge is -2.06. The first-order chi connectivity index (χ1) is 7.24. The molecule has 0 amide bonds. The van der Waals surface area contributed by atoms with Crippen molar-refractivity contribution in [1.82, 2.24) is 4.98 Å². The zero-order valence-corrected chi connectivity index (χ0v) is 8.84. The first-order valence-corrected chi connectivity index (χ1v) is 4.80. The average Bonchev–Trinajstić information content (AvgIpc) is 2.27. The Kier molecular flexibility index (Phi) is 2.44. The third-order valence-electron chi connectivity index (χ3n) is 2.15. The number of nitrogens with one attached hydrogen (secondary N) is 1. The molecule has 1 N–H and O–H groups in total. The number of hydrogen-bond acceptors (Lipinski definition) is 3. The predicted octanol–water partition coefficient (Wildman–Crippen LogP) is 2.80. The van der Waals surface area contributed by atoms with Crippen LogP contribution in [0.15, 0.2) is 24.3 Å². The van der Waals surface area contributed by atoms with E-state index < -0.39 is 0 Å². The molecule has 74 valence electrons. The summed E-state index contributed by atoms with van der Waals surface area (Å²) < 4.78 is 0. The Morgan fingerprint density at radius 3 is 2.87 bits per heavy atom. The van der Waals surface area contributed by atoms with Crippen molar-refractivity contribution >= 4 is 28.2 Å². The highest BCUT2D eigenvalue weighted by Crippen LogP contribution is 2.25. The number of aromatic nitrogens is 1. The Labute approximate surface area is 92.3 Å². The molecule has 4 heteroatoms. The first-order valence-electron chi connectivity index (χ1n) is 4.43. The summed E-state index contributed by atoms with van der Waals surface area (Å²) in [6.07, 6.45) is 0. The van der Waals surface area contributed by atoms with Gasteiger partial charge < -0.3 is 5.32 Å². The number of fused-ring (bicyclic) bond motifs is 1. The summed E-state index contributed by atoms with van der Waals surface area (Å²) in [6.45, 7) is 0. The molecule has 0 bridgehead atoms. The highest BCUT2D eigenvalue weighted by molar-refractivity contribution is 6.31. The van der Waals surface area contributed by atoms with E-state index >= 15 is 0 Å². The number of nitriles is 1. The van der Waals surface area contributed by atoms with Crippen molar-refractivity contribution in [3.8, 4) is 6.07 Å². The van der Waals surface area contributed by atoms with Crippen LogP contribution >= 0.6 is 11.6 Å². The van der Waals surface area contributed by atoms with Crippen LogP contribution in [0.4, 0.5) is 5.69 Å². The molecule has 2 rings (SSSR count). The Morgan fingerprint density at radius 1 is 1.40 bits per heavy atom. The monoisotopic (exact) mass is 217 g/mol. The minimum absolute atomic E-state index is 0.397. The van der Waals surface area contributed by atoms with Crippen molar-refractivity contribution in [3.63, 3.8) is 0 Å². The van der Waals surface area contributed by atoms with E-state index in [4.69, 9.17) is 16.9 Å². The van der Waals surface area contributed by atoms with Gasteiger partial charge in [-0.05, 0) is 24.3 Å². The van der Waals surface area contributed by atoms with Crippen LogP contribution in [-0.4, -0.2) is 12.0 Å². The number of halogens is 1. The molecule has 0 radical (unpaired) electrons. The number of pyridine rings is 1. The van der Waals surface area contributed by atoms with Crippen molar-refractivity contribution in [2.45, 2.75) is 0 Å². The van der Waals surface area contributed by atoms with Gasteiger partial charge in [0, 0.05) is 23.1 Å². The maximum absolute atomic E-state index is 8.81. The van der Waals surface area contributed by atoms with E-state index in [0.717, 1.165) is 16.6 Å².